The number of guanidine groups is 1. The molecule has 156 valence electrons. The van der Waals surface area contributed by atoms with Crippen LogP contribution in [0.3, 0.4) is 0 Å². The summed E-state index contributed by atoms with van der Waals surface area (Å²) in [5, 5.41) is 6.33. The summed E-state index contributed by atoms with van der Waals surface area (Å²) in [5.41, 5.74) is 1.98. The summed E-state index contributed by atoms with van der Waals surface area (Å²) in [6, 6.07) is 7.86. The second-order valence-electron chi connectivity index (χ2n) is 7.71. The van der Waals surface area contributed by atoms with Gasteiger partial charge in [0.2, 0.25) is 5.91 Å². The molecule has 0 aromatic heterocycles. The van der Waals surface area contributed by atoms with Crippen LogP contribution in [-0.2, 0) is 14.3 Å². The van der Waals surface area contributed by atoms with Crippen LogP contribution in [0.2, 0.25) is 0 Å². The van der Waals surface area contributed by atoms with Gasteiger partial charge in [-0.3, -0.25) is 14.6 Å². The molecule has 4 rings (SSSR count). The van der Waals surface area contributed by atoms with Crippen molar-refractivity contribution in [3.8, 4) is 0 Å². The van der Waals surface area contributed by atoms with Crippen molar-refractivity contribution in [1.29, 1.82) is 0 Å². The lowest BCUT2D eigenvalue weighted by atomic mass is 9.97. The molecule has 2 N–H and O–H groups in total. The molecule has 2 fully saturated rings. The fourth-order valence-corrected chi connectivity index (χ4v) is 4.34. The smallest absolute Gasteiger partial charge is 0.251 e. The van der Waals surface area contributed by atoms with Gasteiger partial charge in [0.25, 0.3) is 5.91 Å². The highest BCUT2D eigenvalue weighted by Crippen LogP contribution is 2.33. The molecule has 1 aromatic rings. The predicted molar refractivity (Wildman–Crippen MR) is 111 cm³/mol. The third kappa shape index (κ3) is 4.22. The molecule has 2 amide bonds. The number of ether oxygens (including phenoxy) is 1. The number of hydrogen-bond acceptors (Lipinski definition) is 4. The topological polar surface area (TPSA) is 86.3 Å². The van der Waals surface area contributed by atoms with E-state index in [1.54, 1.807) is 7.05 Å². The van der Waals surface area contributed by atoms with Crippen LogP contribution in [-0.4, -0.2) is 80.1 Å². The molecule has 8 heteroatoms. The van der Waals surface area contributed by atoms with Gasteiger partial charge in [-0.1, -0.05) is 18.2 Å². The summed E-state index contributed by atoms with van der Waals surface area (Å²) in [6.07, 6.45) is 2.26. The lowest BCUT2D eigenvalue weighted by Gasteiger charge is -2.37. The van der Waals surface area contributed by atoms with Crippen molar-refractivity contribution in [2.75, 3.05) is 51.7 Å². The number of piperazine rings is 1. The number of hydrogen-bond donors (Lipinski definition) is 2. The van der Waals surface area contributed by atoms with Crippen LogP contribution < -0.4 is 10.6 Å². The van der Waals surface area contributed by atoms with Crippen molar-refractivity contribution in [2.24, 2.45) is 4.99 Å². The van der Waals surface area contributed by atoms with Crippen LogP contribution in [0.25, 0.3) is 0 Å². The summed E-state index contributed by atoms with van der Waals surface area (Å²) in [5.74, 6) is 0.874. The van der Waals surface area contributed by atoms with Gasteiger partial charge in [-0.2, -0.15) is 0 Å². The van der Waals surface area contributed by atoms with Crippen molar-refractivity contribution in [3.63, 3.8) is 0 Å². The Morgan fingerprint density at radius 2 is 2.00 bits per heavy atom. The van der Waals surface area contributed by atoms with E-state index in [0.717, 1.165) is 43.1 Å². The van der Waals surface area contributed by atoms with E-state index in [1.165, 1.54) is 0 Å². The number of carbonyl (C=O) groups is 2. The van der Waals surface area contributed by atoms with Gasteiger partial charge in [0.05, 0.1) is 5.92 Å². The molecule has 0 saturated carbocycles. The minimum absolute atomic E-state index is 0.0595. The second-order valence-corrected chi connectivity index (χ2v) is 7.71. The Balaban J connectivity index is 1.25. The second kappa shape index (κ2) is 8.82. The highest BCUT2D eigenvalue weighted by atomic mass is 16.5. The van der Waals surface area contributed by atoms with E-state index in [9.17, 15) is 9.59 Å². The van der Waals surface area contributed by atoms with Gasteiger partial charge in [0.1, 0.15) is 6.10 Å². The van der Waals surface area contributed by atoms with Gasteiger partial charge in [-0.15, -0.1) is 0 Å². The molecule has 2 atom stereocenters. The Morgan fingerprint density at radius 1 is 1.24 bits per heavy atom. The molecule has 29 heavy (non-hydrogen) atoms. The molecule has 3 aliphatic heterocycles. The zero-order valence-corrected chi connectivity index (χ0v) is 16.9. The number of anilines is 1. The third-order valence-electron chi connectivity index (χ3n) is 5.93. The van der Waals surface area contributed by atoms with E-state index < -0.39 is 0 Å². The van der Waals surface area contributed by atoms with Crippen LogP contribution in [0.5, 0.6) is 0 Å². The van der Waals surface area contributed by atoms with Crippen molar-refractivity contribution in [3.05, 3.63) is 29.8 Å². The summed E-state index contributed by atoms with van der Waals surface area (Å²) in [7, 11) is 1.77. The predicted octanol–water partition coefficient (Wildman–Crippen LogP) is 1.01. The zero-order chi connectivity index (χ0) is 20.2. The number of aliphatic imine (C=N–C) groups is 1. The van der Waals surface area contributed by atoms with Crippen molar-refractivity contribution in [2.45, 2.75) is 31.3 Å². The Morgan fingerprint density at radius 3 is 2.72 bits per heavy atom. The number of nitrogens with zero attached hydrogens (tertiary/aromatic N) is 3. The maximum Gasteiger partial charge on any atom is 0.251 e. The van der Waals surface area contributed by atoms with Crippen molar-refractivity contribution >= 4 is 23.5 Å². The molecular formula is C21H29N5O3. The minimum Gasteiger partial charge on any atom is -0.368 e. The number of benzene rings is 1. The molecule has 3 aliphatic rings. The van der Waals surface area contributed by atoms with Crippen molar-refractivity contribution < 1.29 is 14.3 Å². The van der Waals surface area contributed by atoms with Gasteiger partial charge in [0.15, 0.2) is 5.96 Å². The van der Waals surface area contributed by atoms with Crippen molar-refractivity contribution in [1.82, 2.24) is 15.1 Å². The van der Waals surface area contributed by atoms with Crippen LogP contribution in [0.4, 0.5) is 5.69 Å². The number of carbonyl (C=O) groups excluding carboxylic acids is 2. The van der Waals surface area contributed by atoms with E-state index >= 15 is 0 Å². The molecule has 0 spiro atoms. The molecule has 0 bridgehead atoms. The molecular weight excluding hydrogens is 370 g/mol. The Bertz CT molecular complexity index is 782. The zero-order valence-electron chi connectivity index (χ0n) is 16.9. The Kier molecular flexibility index (Phi) is 5.99. The van der Waals surface area contributed by atoms with Crippen LogP contribution in [0.15, 0.2) is 29.3 Å². The largest absolute Gasteiger partial charge is 0.368 e. The number of fused-ring (bicyclic) bond motifs is 1. The average Bonchev–Trinajstić information content (AvgIpc) is 3.39. The van der Waals surface area contributed by atoms with Gasteiger partial charge in [-0.05, 0) is 30.9 Å². The molecule has 8 nitrogen and oxygen atoms in total. The first-order chi connectivity index (χ1) is 14.2. The van der Waals surface area contributed by atoms with Gasteiger partial charge >= 0.3 is 0 Å². The van der Waals surface area contributed by atoms with E-state index in [0.29, 0.717) is 32.7 Å². The molecule has 2 unspecified atom stereocenters. The molecule has 3 heterocycles. The maximum atomic E-state index is 12.5. The monoisotopic (exact) mass is 399 g/mol. The lowest BCUT2D eigenvalue weighted by molar-refractivity contribution is -0.142. The highest BCUT2D eigenvalue weighted by Gasteiger charge is 2.32. The fraction of sp³-hybridized carbons (Fsp3) is 0.571. The molecule has 0 aliphatic carbocycles. The Hall–Kier alpha value is -2.61. The van der Waals surface area contributed by atoms with Gasteiger partial charge in [-0.25, -0.2) is 0 Å². The summed E-state index contributed by atoms with van der Waals surface area (Å²) in [4.78, 5) is 33.2. The Labute approximate surface area is 171 Å². The SMILES string of the molecule is CN=C(NCCC1C(=O)Nc2ccccc21)N1CCN(C(=O)C2CCCO2)CC1. The summed E-state index contributed by atoms with van der Waals surface area (Å²) >= 11 is 0. The maximum absolute atomic E-state index is 12.5. The number of rotatable bonds is 4. The highest BCUT2D eigenvalue weighted by molar-refractivity contribution is 6.02. The first kappa shape index (κ1) is 19.7. The minimum atomic E-state index is -0.251. The lowest BCUT2D eigenvalue weighted by Crippen LogP contribution is -2.55. The average molecular weight is 399 g/mol. The molecule has 1 aromatic carbocycles. The summed E-state index contributed by atoms with van der Waals surface area (Å²) < 4.78 is 5.53. The van der Waals surface area contributed by atoms with E-state index in [2.05, 4.69) is 20.5 Å². The first-order valence-corrected chi connectivity index (χ1v) is 10.4. The molecule has 2 saturated heterocycles. The quantitative estimate of drug-likeness (QED) is 0.583. The standard InChI is InChI=1S/C21H29N5O3/c1-22-21(23-9-8-16-15-5-2-3-6-17(15)24-19(16)27)26-12-10-25(11-13-26)20(28)18-7-4-14-29-18/h2-3,5-6,16,18H,4,7-14H2,1H3,(H,22,23)(H,24,27). The van der Waals surface area contributed by atoms with E-state index in [1.807, 2.05) is 29.2 Å². The van der Waals surface area contributed by atoms with Crippen LogP contribution >= 0.6 is 0 Å². The fourth-order valence-electron chi connectivity index (χ4n) is 4.34. The normalized spacial score (nSPS) is 24.4. The molecule has 0 radical (unpaired) electrons. The first-order valence-electron chi connectivity index (χ1n) is 10.4. The van der Waals surface area contributed by atoms with Crippen LogP contribution in [0.1, 0.15) is 30.7 Å². The van der Waals surface area contributed by atoms with Gasteiger partial charge in [0, 0.05) is 52.1 Å². The van der Waals surface area contributed by atoms with E-state index in [4.69, 9.17) is 4.74 Å². The summed E-state index contributed by atoms with van der Waals surface area (Å²) in [6.45, 7) is 4.19. The number of para-hydroxylation sites is 1. The van der Waals surface area contributed by atoms with Gasteiger partial charge < -0.3 is 25.2 Å². The van der Waals surface area contributed by atoms with Crippen LogP contribution in [0, 0.1) is 0 Å². The number of nitrogens with one attached hydrogen (secondary N) is 2. The van der Waals surface area contributed by atoms with E-state index in [-0.39, 0.29) is 23.8 Å². The number of amides is 2. The third-order valence-corrected chi connectivity index (χ3v) is 5.93.